The SMILES string of the molecule is CC1=C(c2ccc(F)cc2)C(Cc2c[nH]c(=S)[nH]2)CC1. The quantitative estimate of drug-likeness (QED) is 0.792. The minimum absolute atomic E-state index is 0.184. The standard InChI is InChI=1S/C16H17FN2S/c1-10-2-3-12(8-14-9-18-16(20)19-14)15(10)11-4-6-13(17)7-5-11/h4-7,9,12H,2-3,8H2,1H3,(H2,18,19,20). The van der Waals surface area contributed by atoms with Gasteiger partial charge in [-0.3, -0.25) is 0 Å². The molecule has 2 aromatic rings. The molecule has 1 aromatic heterocycles. The first-order valence-corrected chi connectivity index (χ1v) is 7.26. The van der Waals surface area contributed by atoms with Gasteiger partial charge in [-0.2, -0.15) is 0 Å². The predicted molar refractivity (Wildman–Crippen MR) is 81.4 cm³/mol. The van der Waals surface area contributed by atoms with Crippen LogP contribution in [0.4, 0.5) is 4.39 Å². The molecule has 1 heterocycles. The fourth-order valence-electron chi connectivity index (χ4n) is 3.08. The second kappa shape index (κ2) is 5.37. The molecule has 1 aromatic carbocycles. The number of allylic oxidation sites excluding steroid dienone is 2. The van der Waals surface area contributed by atoms with Gasteiger partial charge in [0.05, 0.1) is 0 Å². The maximum Gasteiger partial charge on any atom is 0.174 e. The second-order valence-electron chi connectivity index (χ2n) is 5.41. The highest BCUT2D eigenvalue weighted by molar-refractivity contribution is 7.71. The summed E-state index contributed by atoms with van der Waals surface area (Å²) >= 11 is 5.07. The Balaban J connectivity index is 1.88. The average Bonchev–Trinajstić information content (AvgIpc) is 2.98. The van der Waals surface area contributed by atoms with E-state index in [4.69, 9.17) is 12.2 Å². The number of aromatic nitrogens is 2. The van der Waals surface area contributed by atoms with Gasteiger partial charge in [0, 0.05) is 11.9 Å². The van der Waals surface area contributed by atoms with Gasteiger partial charge in [0.1, 0.15) is 5.82 Å². The van der Waals surface area contributed by atoms with Crippen LogP contribution >= 0.6 is 12.2 Å². The molecule has 2 nitrogen and oxygen atoms in total. The van der Waals surface area contributed by atoms with Crippen molar-refractivity contribution < 1.29 is 4.39 Å². The van der Waals surface area contributed by atoms with E-state index in [0.29, 0.717) is 10.7 Å². The Bertz CT molecular complexity index is 694. The normalized spacial score (nSPS) is 18.8. The summed E-state index contributed by atoms with van der Waals surface area (Å²) in [4.78, 5) is 6.19. The van der Waals surface area contributed by atoms with Gasteiger partial charge >= 0.3 is 0 Å². The third kappa shape index (κ3) is 2.61. The van der Waals surface area contributed by atoms with Gasteiger partial charge in [0.2, 0.25) is 0 Å². The molecule has 0 saturated carbocycles. The highest BCUT2D eigenvalue weighted by atomic mass is 32.1. The van der Waals surface area contributed by atoms with Crippen molar-refractivity contribution >= 4 is 17.8 Å². The van der Waals surface area contributed by atoms with E-state index in [2.05, 4.69) is 16.9 Å². The largest absolute Gasteiger partial charge is 0.337 e. The van der Waals surface area contributed by atoms with Gasteiger partial charge in [-0.15, -0.1) is 0 Å². The minimum Gasteiger partial charge on any atom is -0.337 e. The van der Waals surface area contributed by atoms with E-state index in [1.807, 2.05) is 18.3 Å². The zero-order valence-electron chi connectivity index (χ0n) is 11.4. The molecule has 0 amide bonds. The van der Waals surface area contributed by atoms with Gasteiger partial charge in [-0.25, -0.2) is 4.39 Å². The summed E-state index contributed by atoms with van der Waals surface area (Å²) in [5.74, 6) is 0.290. The second-order valence-corrected chi connectivity index (χ2v) is 5.82. The van der Waals surface area contributed by atoms with Gasteiger partial charge < -0.3 is 9.97 Å². The van der Waals surface area contributed by atoms with E-state index in [-0.39, 0.29) is 5.82 Å². The molecule has 1 aliphatic carbocycles. The molecule has 104 valence electrons. The van der Waals surface area contributed by atoms with Crippen molar-refractivity contribution in [1.29, 1.82) is 0 Å². The Kier molecular flexibility index (Phi) is 3.57. The molecule has 20 heavy (non-hydrogen) atoms. The highest BCUT2D eigenvalue weighted by Gasteiger charge is 2.25. The van der Waals surface area contributed by atoms with Gasteiger partial charge in [-0.05, 0) is 67.6 Å². The van der Waals surface area contributed by atoms with E-state index < -0.39 is 0 Å². The van der Waals surface area contributed by atoms with Crippen molar-refractivity contribution in [1.82, 2.24) is 9.97 Å². The summed E-state index contributed by atoms with van der Waals surface area (Å²) in [5.41, 5.74) is 5.05. The molecule has 0 radical (unpaired) electrons. The van der Waals surface area contributed by atoms with Crippen LogP contribution in [-0.2, 0) is 6.42 Å². The number of H-pyrrole nitrogens is 2. The Morgan fingerprint density at radius 1 is 1.30 bits per heavy atom. The van der Waals surface area contributed by atoms with E-state index in [1.54, 1.807) is 0 Å². The van der Waals surface area contributed by atoms with E-state index in [0.717, 1.165) is 30.5 Å². The fraction of sp³-hybridized carbons (Fsp3) is 0.312. The first-order chi connectivity index (χ1) is 9.63. The molecule has 0 saturated heterocycles. The van der Waals surface area contributed by atoms with Crippen LogP contribution in [0.25, 0.3) is 5.57 Å². The van der Waals surface area contributed by atoms with Crippen molar-refractivity contribution in [2.75, 3.05) is 0 Å². The number of imidazole rings is 1. The Labute approximate surface area is 122 Å². The first-order valence-electron chi connectivity index (χ1n) is 6.85. The van der Waals surface area contributed by atoms with Crippen LogP contribution in [0.15, 0.2) is 36.0 Å². The summed E-state index contributed by atoms with van der Waals surface area (Å²) in [7, 11) is 0. The molecular weight excluding hydrogens is 271 g/mol. The molecule has 2 N–H and O–H groups in total. The number of nitrogens with one attached hydrogen (secondary N) is 2. The van der Waals surface area contributed by atoms with Crippen molar-refractivity contribution in [2.45, 2.75) is 26.2 Å². The fourth-order valence-corrected chi connectivity index (χ4v) is 3.27. The van der Waals surface area contributed by atoms with Crippen LogP contribution in [0.5, 0.6) is 0 Å². The molecule has 0 spiro atoms. The lowest BCUT2D eigenvalue weighted by Crippen LogP contribution is -2.04. The molecule has 1 atom stereocenters. The maximum absolute atomic E-state index is 13.1. The Hall–Kier alpha value is -1.68. The number of hydrogen-bond donors (Lipinski definition) is 2. The molecular formula is C16H17FN2S. The molecule has 3 rings (SSSR count). The van der Waals surface area contributed by atoms with Crippen molar-refractivity contribution in [3.8, 4) is 0 Å². The Morgan fingerprint density at radius 2 is 2.05 bits per heavy atom. The first kappa shape index (κ1) is 13.3. The molecule has 0 fully saturated rings. The summed E-state index contributed by atoms with van der Waals surface area (Å²) in [6.07, 6.45) is 5.14. The lowest BCUT2D eigenvalue weighted by molar-refractivity contribution is 0.624. The average molecular weight is 288 g/mol. The van der Waals surface area contributed by atoms with E-state index in [9.17, 15) is 4.39 Å². The van der Waals surface area contributed by atoms with E-state index in [1.165, 1.54) is 23.3 Å². The van der Waals surface area contributed by atoms with Crippen LogP contribution in [0.3, 0.4) is 0 Å². The third-order valence-corrected chi connectivity index (χ3v) is 4.23. The van der Waals surface area contributed by atoms with Crippen LogP contribution in [0.1, 0.15) is 31.0 Å². The number of hydrogen-bond acceptors (Lipinski definition) is 1. The van der Waals surface area contributed by atoms with E-state index >= 15 is 0 Å². The highest BCUT2D eigenvalue weighted by Crippen LogP contribution is 2.40. The molecule has 1 aliphatic rings. The number of rotatable bonds is 3. The minimum atomic E-state index is -0.184. The summed E-state index contributed by atoms with van der Waals surface area (Å²) < 4.78 is 13.7. The van der Waals surface area contributed by atoms with Crippen LogP contribution in [0, 0.1) is 16.5 Å². The van der Waals surface area contributed by atoms with Crippen LogP contribution < -0.4 is 0 Å². The van der Waals surface area contributed by atoms with Gasteiger partial charge in [0.25, 0.3) is 0 Å². The van der Waals surface area contributed by atoms with Gasteiger partial charge in [0.15, 0.2) is 4.77 Å². The van der Waals surface area contributed by atoms with Crippen molar-refractivity contribution in [3.63, 3.8) is 0 Å². The lowest BCUT2D eigenvalue weighted by Gasteiger charge is -2.15. The molecule has 0 bridgehead atoms. The smallest absolute Gasteiger partial charge is 0.174 e. The van der Waals surface area contributed by atoms with Crippen LogP contribution in [0.2, 0.25) is 0 Å². The topological polar surface area (TPSA) is 31.6 Å². The number of halogens is 1. The molecule has 1 unspecified atom stereocenters. The monoisotopic (exact) mass is 288 g/mol. The molecule has 4 heteroatoms. The Morgan fingerprint density at radius 3 is 2.70 bits per heavy atom. The van der Waals surface area contributed by atoms with Crippen molar-refractivity contribution in [2.24, 2.45) is 5.92 Å². The summed E-state index contributed by atoms with van der Waals surface area (Å²) in [5, 5.41) is 0. The third-order valence-electron chi connectivity index (χ3n) is 4.01. The van der Waals surface area contributed by atoms with Crippen molar-refractivity contribution in [3.05, 3.63) is 57.9 Å². The summed E-state index contributed by atoms with van der Waals surface area (Å²) in [6, 6.07) is 6.83. The molecule has 0 aliphatic heterocycles. The predicted octanol–water partition coefficient (Wildman–Crippen LogP) is 4.64. The maximum atomic E-state index is 13.1. The summed E-state index contributed by atoms with van der Waals surface area (Å²) in [6.45, 7) is 2.18. The van der Waals surface area contributed by atoms with Crippen LogP contribution in [-0.4, -0.2) is 9.97 Å². The zero-order valence-corrected chi connectivity index (χ0v) is 12.2. The van der Waals surface area contributed by atoms with Gasteiger partial charge in [-0.1, -0.05) is 17.7 Å². The zero-order chi connectivity index (χ0) is 14.1. The lowest BCUT2D eigenvalue weighted by atomic mass is 9.90. The number of benzene rings is 1. The number of aromatic amines is 2.